The average molecular weight is 346 g/mol. The van der Waals surface area contributed by atoms with Crippen LogP contribution in [0.25, 0.3) is 39.3 Å². The van der Waals surface area contributed by atoms with E-state index >= 15 is 0 Å². The fourth-order valence-corrected chi connectivity index (χ4v) is 3.34. The van der Waals surface area contributed by atoms with E-state index in [1.54, 1.807) is 0 Å². The zero-order chi connectivity index (χ0) is 18.2. The van der Waals surface area contributed by atoms with Crippen molar-refractivity contribution in [1.29, 1.82) is 5.26 Å². The van der Waals surface area contributed by atoms with Gasteiger partial charge in [-0.2, -0.15) is 5.26 Å². The molecular formula is C23H14N4. The van der Waals surface area contributed by atoms with Crippen molar-refractivity contribution >= 4 is 16.8 Å². The van der Waals surface area contributed by atoms with Crippen LogP contribution in [0, 0.1) is 11.3 Å². The fourth-order valence-electron chi connectivity index (χ4n) is 3.34. The third-order valence-electron chi connectivity index (χ3n) is 4.66. The van der Waals surface area contributed by atoms with E-state index in [-0.39, 0.29) is 0 Å². The molecular weight excluding hydrogens is 332 g/mol. The lowest BCUT2D eigenvalue weighted by Crippen LogP contribution is -1.97. The predicted molar refractivity (Wildman–Crippen MR) is 106 cm³/mol. The van der Waals surface area contributed by atoms with E-state index in [1.165, 1.54) is 0 Å². The van der Waals surface area contributed by atoms with Crippen molar-refractivity contribution in [2.24, 2.45) is 0 Å². The highest BCUT2D eigenvalue weighted by molar-refractivity contribution is 5.84. The Morgan fingerprint density at radius 3 is 2.26 bits per heavy atom. The summed E-state index contributed by atoms with van der Waals surface area (Å²) in [7, 11) is 0. The average Bonchev–Trinajstić information content (AvgIpc) is 3.12. The SMILES string of the molecule is N#Cc1ccc(-c2cc(-c3ccccc3)n3c(n2)nc2ccccc23)cc1. The van der Waals surface area contributed by atoms with Gasteiger partial charge in [0.1, 0.15) is 0 Å². The molecule has 5 aromatic rings. The first-order valence-electron chi connectivity index (χ1n) is 8.68. The molecule has 0 atom stereocenters. The van der Waals surface area contributed by atoms with Crippen LogP contribution in [0.4, 0.5) is 0 Å². The number of nitriles is 1. The lowest BCUT2D eigenvalue weighted by atomic mass is 10.1. The maximum Gasteiger partial charge on any atom is 0.235 e. The maximum atomic E-state index is 9.03. The number of imidazole rings is 1. The summed E-state index contributed by atoms with van der Waals surface area (Å²) in [6.07, 6.45) is 0. The third kappa shape index (κ3) is 2.54. The Balaban J connectivity index is 1.84. The summed E-state index contributed by atoms with van der Waals surface area (Å²) in [6.45, 7) is 0. The monoisotopic (exact) mass is 346 g/mol. The second-order valence-electron chi connectivity index (χ2n) is 6.32. The van der Waals surface area contributed by atoms with Crippen LogP contribution in [0.2, 0.25) is 0 Å². The second-order valence-corrected chi connectivity index (χ2v) is 6.32. The van der Waals surface area contributed by atoms with Crippen molar-refractivity contribution in [1.82, 2.24) is 14.4 Å². The molecule has 0 bridgehead atoms. The minimum absolute atomic E-state index is 0.634. The van der Waals surface area contributed by atoms with Gasteiger partial charge in [-0.05, 0) is 35.9 Å². The normalized spacial score (nSPS) is 10.9. The van der Waals surface area contributed by atoms with Crippen molar-refractivity contribution < 1.29 is 0 Å². The highest BCUT2D eigenvalue weighted by Gasteiger charge is 2.13. The number of hydrogen-bond acceptors (Lipinski definition) is 3. The number of nitrogens with zero attached hydrogens (tertiary/aromatic N) is 4. The highest BCUT2D eigenvalue weighted by Crippen LogP contribution is 2.29. The number of fused-ring (bicyclic) bond motifs is 3. The van der Waals surface area contributed by atoms with Crippen LogP contribution in [-0.4, -0.2) is 14.4 Å². The van der Waals surface area contributed by atoms with E-state index in [2.05, 4.69) is 34.7 Å². The Labute approximate surface area is 156 Å². The number of aromatic nitrogens is 3. The zero-order valence-corrected chi connectivity index (χ0v) is 14.4. The lowest BCUT2D eigenvalue weighted by molar-refractivity contribution is 1.14. The Hall–Kier alpha value is -3.97. The number of benzene rings is 3. The van der Waals surface area contributed by atoms with E-state index in [1.807, 2.05) is 60.7 Å². The fraction of sp³-hybridized carbons (Fsp3) is 0. The largest absolute Gasteiger partial charge is 0.276 e. The quantitative estimate of drug-likeness (QED) is 0.447. The van der Waals surface area contributed by atoms with Crippen LogP contribution in [-0.2, 0) is 0 Å². The van der Waals surface area contributed by atoms with Gasteiger partial charge in [-0.1, -0.05) is 54.6 Å². The van der Waals surface area contributed by atoms with Gasteiger partial charge >= 0.3 is 0 Å². The van der Waals surface area contributed by atoms with E-state index < -0.39 is 0 Å². The topological polar surface area (TPSA) is 54.0 Å². The van der Waals surface area contributed by atoms with Gasteiger partial charge in [0.25, 0.3) is 0 Å². The molecule has 4 heteroatoms. The molecule has 5 rings (SSSR count). The van der Waals surface area contributed by atoms with Crippen molar-refractivity contribution in [3.05, 3.63) is 90.5 Å². The molecule has 0 aliphatic rings. The third-order valence-corrected chi connectivity index (χ3v) is 4.66. The molecule has 0 N–H and O–H groups in total. The van der Waals surface area contributed by atoms with Crippen LogP contribution in [0.1, 0.15) is 5.56 Å². The molecule has 0 amide bonds. The lowest BCUT2D eigenvalue weighted by Gasteiger charge is -2.10. The minimum atomic E-state index is 0.634. The van der Waals surface area contributed by atoms with E-state index in [9.17, 15) is 0 Å². The summed E-state index contributed by atoms with van der Waals surface area (Å²) >= 11 is 0. The summed E-state index contributed by atoms with van der Waals surface area (Å²) in [5, 5.41) is 9.03. The first-order chi connectivity index (χ1) is 13.3. The molecule has 126 valence electrons. The minimum Gasteiger partial charge on any atom is -0.276 e. The molecule has 2 heterocycles. The van der Waals surface area contributed by atoms with Crippen molar-refractivity contribution in [3.8, 4) is 28.6 Å². The molecule has 0 radical (unpaired) electrons. The van der Waals surface area contributed by atoms with Crippen LogP contribution in [0.5, 0.6) is 0 Å². The van der Waals surface area contributed by atoms with Gasteiger partial charge in [0.2, 0.25) is 5.78 Å². The predicted octanol–water partition coefficient (Wildman–Crippen LogP) is 5.09. The van der Waals surface area contributed by atoms with Gasteiger partial charge in [0.15, 0.2) is 0 Å². The van der Waals surface area contributed by atoms with Gasteiger partial charge in [-0.15, -0.1) is 0 Å². The molecule has 3 aromatic carbocycles. The first kappa shape index (κ1) is 15.3. The number of para-hydroxylation sites is 2. The summed E-state index contributed by atoms with van der Waals surface area (Å²) in [6, 6.07) is 30.0. The zero-order valence-electron chi connectivity index (χ0n) is 14.4. The van der Waals surface area contributed by atoms with Crippen LogP contribution >= 0.6 is 0 Å². The number of rotatable bonds is 2. The summed E-state index contributed by atoms with van der Waals surface area (Å²) < 4.78 is 2.10. The van der Waals surface area contributed by atoms with Gasteiger partial charge in [0.05, 0.1) is 34.1 Å². The summed E-state index contributed by atoms with van der Waals surface area (Å²) in [4.78, 5) is 9.51. The molecule has 0 spiro atoms. The first-order valence-corrected chi connectivity index (χ1v) is 8.68. The van der Waals surface area contributed by atoms with Crippen LogP contribution < -0.4 is 0 Å². The van der Waals surface area contributed by atoms with Crippen LogP contribution in [0.3, 0.4) is 0 Å². The Morgan fingerprint density at radius 1 is 0.741 bits per heavy atom. The maximum absolute atomic E-state index is 9.03. The molecule has 0 aliphatic carbocycles. The standard InChI is InChI=1S/C23H14N4/c24-15-16-10-12-17(13-11-16)20-14-22(18-6-2-1-3-7-18)27-21-9-5-4-8-19(21)25-23(27)26-20/h1-14H. The molecule has 0 aliphatic heterocycles. The van der Waals surface area contributed by atoms with Gasteiger partial charge in [-0.3, -0.25) is 4.40 Å². The second kappa shape index (κ2) is 6.08. The highest BCUT2D eigenvalue weighted by atomic mass is 15.1. The van der Waals surface area contributed by atoms with Crippen molar-refractivity contribution in [2.45, 2.75) is 0 Å². The molecule has 0 fully saturated rings. The summed E-state index contributed by atoms with van der Waals surface area (Å²) in [5.41, 5.74) is 6.51. The Morgan fingerprint density at radius 2 is 1.48 bits per heavy atom. The van der Waals surface area contributed by atoms with E-state index in [0.717, 1.165) is 33.5 Å². The van der Waals surface area contributed by atoms with E-state index in [0.29, 0.717) is 11.3 Å². The Bertz CT molecular complexity index is 1310. The van der Waals surface area contributed by atoms with Crippen LogP contribution in [0.15, 0.2) is 84.9 Å². The smallest absolute Gasteiger partial charge is 0.235 e. The number of hydrogen-bond donors (Lipinski definition) is 0. The van der Waals surface area contributed by atoms with Gasteiger partial charge in [-0.25, -0.2) is 9.97 Å². The molecule has 0 saturated heterocycles. The summed E-state index contributed by atoms with van der Waals surface area (Å²) in [5.74, 6) is 0.664. The molecule has 0 saturated carbocycles. The molecule has 2 aromatic heterocycles. The van der Waals surface area contributed by atoms with Crippen molar-refractivity contribution in [2.75, 3.05) is 0 Å². The molecule has 0 unspecified atom stereocenters. The molecule has 27 heavy (non-hydrogen) atoms. The van der Waals surface area contributed by atoms with Gasteiger partial charge < -0.3 is 0 Å². The van der Waals surface area contributed by atoms with Crippen molar-refractivity contribution in [3.63, 3.8) is 0 Å². The molecule has 4 nitrogen and oxygen atoms in total. The Kier molecular flexibility index (Phi) is 3.44. The van der Waals surface area contributed by atoms with E-state index in [4.69, 9.17) is 15.2 Å². The van der Waals surface area contributed by atoms with Gasteiger partial charge in [0, 0.05) is 5.56 Å².